The third-order valence-corrected chi connectivity index (χ3v) is 6.11. The number of rotatable bonds is 6. The minimum absolute atomic E-state index is 0.0931. The molecular weight excluding hydrogens is 485 g/mol. The minimum Gasteiger partial charge on any atom is -0.455 e. The molecule has 1 heterocycles. The number of hydrazone groups is 1. The molecule has 1 aromatic heterocycles. The van der Waals surface area contributed by atoms with Crippen LogP contribution in [0.4, 0.5) is 21.5 Å². The molecule has 190 valence electrons. The van der Waals surface area contributed by atoms with Crippen molar-refractivity contribution >= 4 is 34.6 Å². The molecule has 3 aromatic carbocycles. The van der Waals surface area contributed by atoms with Gasteiger partial charge in [0, 0.05) is 23.2 Å². The van der Waals surface area contributed by atoms with Crippen molar-refractivity contribution < 1.29 is 18.4 Å². The highest BCUT2D eigenvalue weighted by molar-refractivity contribution is 6.09. The van der Waals surface area contributed by atoms with Gasteiger partial charge in [-0.3, -0.25) is 9.59 Å². The molecule has 0 bridgehead atoms. The number of furan rings is 1. The number of anilines is 1. The normalized spacial score (nSPS) is 13.9. The van der Waals surface area contributed by atoms with E-state index < -0.39 is 17.6 Å². The summed E-state index contributed by atoms with van der Waals surface area (Å²) >= 11 is 0. The van der Waals surface area contributed by atoms with Crippen molar-refractivity contribution in [3.8, 4) is 0 Å². The third kappa shape index (κ3) is 5.41. The summed E-state index contributed by atoms with van der Waals surface area (Å²) in [5, 5.41) is 15.5. The van der Waals surface area contributed by atoms with Crippen molar-refractivity contribution in [1.29, 1.82) is 0 Å². The fourth-order valence-electron chi connectivity index (χ4n) is 4.23. The Kier molecular flexibility index (Phi) is 7.17. The van der Waals surface area contributed by atoms with E-state index in [-0.39, 0.29) is 11.3 Å². The average molecular weight is 510 g/mol. The molecule has 0 radical (unpaired) electrons. The highest BCUT2D eigenvalue weighted by Crippen LogP contribution is 2.30. The number of benzene rings is 3. The second-order valence-corrected chi connectivity index (χ2v) is 8.72. The Morgan fingerprint density at radius 3 is 2.26 bits per heavy atom. The summed E-state index contributed by atoms with van der Waals surface area (Å²) in [6.45, 7) is 1.78. The van der Waals surface area contributed by atoms with E-state index in [0.29, 0.717) is 46.8 Å². The van der Waals surface area contributed by atoms with E-state index >= 15 is 0 Å². The summed E-state index contributed by atoms with van der Waals surface area (Å²) in [6.07, 6.45) is 1.98. The van der Waals surface area contributed by atoms with Crippen LogP contribution in [0.25, 0.3) is 0 Å². The van der Waals surface area contributed by atoms with Gasteiger partial charge in [-0.05, 0) is 68.3 Å². The molecule has 0 aliphatic heterocycles. The first kappa shape index (κ1) is 24.8. The van der Waals surface area contributed by atoms with Crippen LogP contribution in [0.3, 0.4) is 0 Å². The zero-order chi connectivity index (χ0) is 26.5. The largest absolute Gasteiger partial charge is 0.455 e. The van der Waals surface area contributed by atoms with Gasteiger partial charge in [0.25, 0.3) is 11.8 Å². The lowest BCUT2D eigenvalue weighted by molar-refractivity contribution is 0.0949. The number of hydrogen-bond donors (Lipinski definition) is 2. The molecule has 0 atom stereocenters. The number of hydrogen-bond acceptors (Lipinski definition) is 6. The van der Waals surface area contributed by atoms with Crippen LogP contribution >= 0.6 is 0 Å². The SMILES string of the molecule is Cc1c(C(=O)Nc2ccc(N=Nc3ccccc3)cc2)oc2c1/C(=N/NC(=O)c1ccccc1F)CCC2. The maximum atomic E-state index is 13.9. The smallest absolute Gasteiger partial charge is 0.291 e. The highest BCUT2D eigenvalue weighted by atomic mass is 19.1. The molecule has 0 spiro atoms. The number of amides is 2. The first-order chi connectivity index (χ1) is 18.5. The zero-order valence-electron chi connectivity index (χ0n) is 20.6. The molecule has 0 saturated heterocycles. The van der Waals surface area contributed by atoms with Crippen LogP contribution in [0.15, 0.2) is 98.6 Å². The van der Waals surface area contributed by atoms with Gasteiger partial charge < -0.3 is 9.73 Å². The van der Waals surface area contributed by atoms with E-state index in [4.69, 9.17) is 4.42 Å². The van der Waals surface area contributed by atoms with E-state index in [9.17, 15) is 14.0 Å². The molecule has 1 aliphatic rings. The number of fused-ring (bicyclic) bond motifs is 1. The molecule has 9 heteroatoms. The molecule has 8 nitrogen and oxygen atoms in total. The molecule has 38 heavy (non-hydrogen) atoms. The molecule has 0 fully saturated rings. The summed E-state index contributed by atoms with van der Waals surface area (Å²) < 4.78 is 19.9. The van der Waals surface area contributed by atoms with Gasteiger partial charge in [0.1, 0.15) is 11.6 Å². The second-order valence-electron chi connectivity index (χ2n) is 8.72. The molecule has 0 unspecified atom stereocenters. The molecule has 1 aliphatic carbocycles. The van der Waals surface area contributed by atoms with Crippen molar-refractivity contribution in [2.24, 2.45) is 15.3 Å². The summed E-state index contributed by atoms with van der Waals surface area (Å²) in [5.74, 6) is -0.855. The number of carbonyl (C=O) groups is 2. The standard InChI is InChI=1S/C29H24FN5O3/c1-18-26-24(34-35-28(36)22-10-5-6-11-23(22)30)12-7-13-25(26)38-27(18)29(37)31-19-14-16-21(17-15-19)33-32-20-8-3-2-4-9-20/h2-6,8-11,14-17H,7,12-13H2,1H3,(H,31,37)(H,35,36)/b33-32?,34-24+. The fraction of sp³-hybridized carbons (Fsp3) is 0.138. The minimum atomic E-state index is -0.645. The zero-order valence-corrected chi connectivity index (χ0v) is 20.6. The van der Waals surface area contributed by atoms with Crippen LogP contribution in [0.2, 0.25) is 0 Å². The Hall–Kier alpha value is -4.92. The summed E-state index contributed by atoms with van der Waals surface area (Å²) in [6, 6.07) is 22.1. The van der Waals surface area contributed by atoms with Gasteiger partial charge in [-0.1, -0.05) is 30.3 Å². The lowest BCUT2D eigenvalue weighted by Gasteiger charge is -2.13. The maximum Gasteiger partial charge on any atom is 0.291 e. The van der Waals surface area contributed by atoms with E-state index in [2.05, 4.69) is 26.1 Å². The number of nitrogens with zero attached hydrogens (tertiary/aromatic N) is 3. The monoisotopic (exact) mass is 509 g/mol. The van der Waals surface area contributed by atoms with E-state index in [1.165, 1.54) is 18.2 Å². The Morgan fingerprint density at radius 1 is 0.842 bits per heavy atom. The molecule has 5 rings (SSSR count). The Balaban J connectivity index is 1.29. The second kappa shape index (κ2) is 11.0. The lowest BCUT2D eigenvalue weighted by atomic mass is 9.93. The van der Waals surface area contributed by atoms with Crippen LogP contribution < -0.4 is 10.7 Å². The van der Waals surface area contributed by atoms with Gasteiger partial charge in [0.2, 0.25) is 0 Å². The van der Waals surface area contributed by atoms with Crippen LogP contribution in [0.5, 0.6) is 0 Å². The van der Waals surface area contributed by atoms with E-state index in [0.717, 1.165) is 12.1 Å². The van der Waals surface area contributed by atoms with Crippen molar-refractivity contribution in [1.82, 2.24) is 5.43 Å². The van der Waals surface area contributed by atoms with Crippen molar-refractivity contribution in [2.45, 2.75) is 26.2 Å². The first-order valence-electron chi connectivity index (χ1n) is 12.1. The van der Waals surface area contributed by atoms with Gasteiger partial charge in [-0.2, -0.15) is 15.3 Å². The van der Waals surface area contributed by atoms with Gasteiger partial charge >= 0.3 is 0 Å². The van der Waals surface area contributed by atoms with Gasteiger partial charge in [0.05, 0.1) is 22.6 Å². The molecule has 2 N–H and O–H groups in total. The number of nitrogens with one attached hydrogen (secondary N) is 2. The Morgan fingerprint density at radius 2 is 1.53 bits per heavy atom. The molecule has 4 aromatic rings. The van der Waals surface area contributed by atoms with Crippen LogP contribution in [-0.2, 0) is 6.42 Å². The average Bonchev–Trinajstić information content (AvgIpc) is 3.29. The quantitative estimate of drug-likeness (QED) is 0.219. The molecule has 2 amide bonds. The Labute approximate surface area is 218 Å². The maximum absolute atomic E-state index is 13.9. The van der Waals surface area contributed by atoms with E-state index in [1.54, 1.807) is 37.3 Å². The highest BCUT2D eigenvalue weighted by Gasteiger charge is 2.28. The van der Waals surface area contributed by atoms with Crippen molar-refractivity contribution in [3.05, 3.63) is 113 Å². The third-order valence-electron chi connectivity index (χ3n) is 6.11. The topological polar surface area (TPSA) is 108 Å². The van der Waals surface area contributed by atoms with Gasteiger partial charge in [0.15, 0.2) is 5.76 Å². The predicted octanol–water partition coefficient (Wildman–Crippen LogP) is 6.87. The number of carbonyl (C=O) groups excluding carboxylic acids is 2. The van der Waals surface area contributed by atoms with E-state index in [1.807, 2.05) is 30.3 Å². The molecular formula is C29H24FN5O3. The van der Waals surface area contributed by atoms with Crippen LogP contribution in [-0.4, -0.2) is 17.5 Å². The van der Waals surface area contributed by atoms with Crippen molar-refractivity contribution in [2.75, 3.05) is 5.32 Å². The van der Waals surface area contributed by atoms with Crippen LogP contribution in [0.1, 0.15) is 50.6 Å². The Bertz CT molecular complexity index is 1540. The fourth-order valence-corrected chi connectivity index (χ4v) is 4.23. The van der Waals surface area contributed by atoms with Gasteiger partial charge in [-0.25, -0.2) is 9.82 Å². The van der Waals surface area contributed by atoms with Gasteiger partial charge in [-0.15, -0.1) is 0 Å². The summed E-state index contributed by atoms with van der Waals surface area (Å²) in [7, 11) is 0. The first-order valence-corrected chi connectivity index (χ1v) is 12.1. The molecule has 0 saturated carbocycles. The number of aryl methyl sites for hydroxylation is 1. The summed E-state index contributed by atoms with van der Waals surface area (Å²) in [4.78, 5) is 25.4. The van der Waals surface area contributed by atoms with Crippen molar-refractivity contribution in [3.63, 3.8) is 0 Å². The summed E-state index contributed by atoms with van der Waals surface area (Å²) in [5.41, 5.74) is 6.23. The lowest BCUT2D eigenvalue weighted by Crippen LogP contribution is -2.23. The van der Waals surface area contributed by atoms with Crippen LogP contribution in [0, 0.1) is 12.7 Å². The predicted molar refractivity (Wildman–Crippen MR) is 142 cm³/mol. The number of halogens is 1. The number of azo groups is 1.